The first kappa shape index (κ1) is 20.2. The van der Waals surface area contributed by atoms with Crippen molar-refractivity contribution in [1.29, 1.82) is 0 Å². The van der Waals surface area contributed by atoms with Crippen molar-refractivity contribution in [3.8, 4) is 0 Å². The Morgan fingerprint density at radius 1 is 1.17 bits per heavy atom. The highest BCUT2D eigenvalue weighted by atomic mass is 16.3. The lowest BCUT2D eigenvalue weighted by Crippen LogP contribution is -2.44. The third-order valence-electron chi connectivity index (χ3n) is 4.56. The average Bonchev–Trinajstić information content (AvgIpc) is 2.51. The molecule has 0 aromatic rings. The van der Waals surface area contributed by atoms with Gasteiger partial charge in [0.1, 0.15) is 0 Å². The van der Waals surface area contributed by atoms with E-state index >= 15 is 0 Å². The van der Waals surface area contributed by atoms with Crippen LogP contribution in [0, 0.1) is 11.8 Å². The van der Waals surface area contributed by atoms with E-state index in [0.29, 0.717) is 19.0 Å². The summed E-state index contributed by atoms with van der Waals surface area (Å²) < 4.78 is 0. The molecule has 0 aromatic heterocycles. The summed E-state index contributed by atoms with van der Waals surface area (Å²) in [7, 11) is 0. The van der Waals surface area contributed by atoms with Gasteiger partial charge >= 0.3 is 0 Å². The molecule has 3 N–H and O–H groups in total. The molecule has 0 aromatic carbocycles. The van der Waals surface area contributed by atoms with Crippen molar-refractivity contribution in [2.24, 2.45) is 11.8 Å². The molecule has 0 atom stereocenters. The predicted molar refractivity (Wildman–Crippen MR) is 91.4 cm³/mol. The van der Waals surface area contributed by atoms with Gasteiger partial charge in [-0.3, -0.25) is 19.3 Å². The SMILES string of the molecule is C=CCNC(=O)CN1CCC(CNC(=O)C2CCC2)CC1.O=CO. The second-order valence-electron chi connectivity index (χ2n) is 6.29. The summed E-state index contributed by atoms with van der Waals surface area (Å²) in [4.78, 5) is 34.0. The molecule has 0 spiro atoms. The molecule has 1 aliphatic heterocycles. The van der Waals surface area contributed by atoms with E-state index in [1.54, 1.807) is 6.08 Å². The lowest BCUT2D eigenvalue weighted by Gasteiger charge is -2.32. The van der Waals surface area contributed by atoms with Gasteiger partial charge in [-0.1, -0.05) is 12.5 Å². The van der Waals surface area contributed by atoms with E-state index in [2.05, 4.69) is 22.1 Å². The topological polar surface area (TPSA) is 98.7 Å². The van der Waals surface area contributed by atoms with Crippen LogP contribution in [0.1, 0.15) is 32.1 Å². The Morgan fingerprint density at radius 2 is 1.79 bits per heavy atom. The number of piperidine rings is 1. The molecule has 2 aliphatic rings. The molecular weight excluding hydrogens is 310 g/mol. The normalized spacial score (nSPS) is 18.5. The summed E-state index contributed by atoms with van der Waals surface area (Å²) in [6, 6.07) is 0. The van der Waals surface area contributed by atoms with Crippen molar-refractivity contribution in [3.05, 3.63) is 12.7 Å². The minimum atomic E-state index is -0.250. The Bertz CT molecular complexity index is 416. The van der Waals surface area contributed by atoms with Crippen LogP contribution in [0.5, 0.6) is 0 Å². The zero-order valence-corrected chi connectivity index (χ0v) is 14.2. The molecule has 0 bridgehead atoms. The maximum Gasteiger partial charge on any atom is 0.290 e. The summed E-state index contributed by atoms with van der Waals surface area (Å²) in [6.07, 6.45) is 7.12. The minimum Gasteiger partial charge on any atom is -0.483 e. The Kier molecular flexibility index (Phi) is 9.76. The molecule has 24 heavy (non-hydrogen) atoms. The van der Waals surface area contributed by atoms with Crippen LogP contribution in [0.15, 0.2) is 12.7 Å². The predicted octanol–water partition coefficient (Wildman–Crippen LogP) is 0.618. The van der Waals surface area contributed by atoms with Crippen LogP contribution < -0.4 is 10.6 Å². The van der Waals surface area contributed by atoms with E-state index in [4.69, 9.17) is 9.90 Å². The summed E-state index contributed by atoms with van der Waals surface area (Å²) in [6.45, 7) is 7.00. The van der Waals surface area contributed by atoms with Crippen LogP contribution in [0.4, 0.5) is 0 Å². The molecule has 0 radical (unpaired) electrons. The Hall–Kier alpha value is -1.89. The number of carbonyl (C=O) groups excluding carboxylic acids is 2. The lowest BCUT2D eigenvalue weighted by atomic mass is 9.84. The lowest BCUT2D eigenvalue weighted by molar-refractivity contribution is -0.127. The van der Waals surface area contributed by atoms with Crippen LogP contribution in [-0.4, -0.2) is 61.0 Å². The monoisotopic (exact) mass is 339 g/mol. The van der Waals surface area contributed by atoms with Crippen molar-refractivity contribution in [2.75, 3.05) is 32.7 Å². The van der Waals surface area contributed by atoms with E-state index in [-0.39, 0.29) is 24.2 Å². The zero-order valence-electron chi connectivity index (χ0n) is 14.2. The van der Waals surface area contributed by atoms with Crippen molar-refractivity contribution in [1.82, 2.24) is 15.5 Å². The van der Waals surface area contributed by atoms with Crippen LogP contribution in [0.2, 0.25) is 0 Å². The molecule has 2 fully saturated rings. The fraction of sp³-hybridized carbons (Fsp3) is 0.706. The van der Waals surface area contributed by atoms with Gasteiger partial charge in [0.25, 0.3) is 6.47 Å². The first-order chi connectivity index (χ1) is 11.6. The quantitative estimate of drug-likeness (QED) is 0.466. The van der Waals surface area contributed by atoms with Gasteiger partial charge in [-0.05, 0) is 44.7 Å². The number of amides is 2. The van der Waals surface area contributed by atoms with Gasteiger partial charge in [0.05, 0.1) is 6.54 Å². The molecular formula is C17H29N3O4. The number of rotatable bonds is 7. The van der Waals surface area contributed by atoms with Crippen molar-refractivity contribution >= 4 is 18.3 Å². The van der Waals surface area contributed by atoms with Crippen LogP contribution in [0.25, 0.3) is 0 Å². The van der Waals surface area contributed by atoms with Crippen molar-refractivity contribution in [3.63, 3.8) is 0 Å². The fourth-order valence-electron chi connectivity index (χ4n) is 2.85. The first-order valence-corrected chi connectivity index (χ1v) is 8.56. The highest BCUT2D eigenvalue weighted by Gasteiger charge is 2.26. The van der Waals surface area contributed by atoms with Gasteiger partial charge in [0, 0.05) is 19.0 Å². The maximum atomic E-state index is 11.8. The summed E-state index contributed by atoms with van der Waals surface area (Å²) in [5.41, 5.74) is 0. The molecule has 7 nitrogen and oxygen atoms in total. The van der Waals surface area contributed by atoms with Crippen LogP contribution >= 0.6 is 0 Å². The van der Waals surface area contributed by atoms with Gasteiger partial charge < -0.3 is 15.7 Å². The van der Waals surface area contributed by atoms with Crippen LogP contribution in [0.3, 0.4) is 0 Å². The van der Waals surface area contributed by atoms with Gasteiger partial charge in [-0.15, -0.1) is 6.58 Å². The molecule has 7 heteroatoms. The number of carbonyl (C=O) groups is 3. The van der Waals surface area contributed by atoms with E-state index in [9.17, 15) is 9.59 Å². The number of hydrogen-bond donors (Lipinski definition) is 3. The summed E-state index contributed by atoms with van der Waals surface area (Å²) >= 11 is 0. The highest BCUT2D eigenvalue weighted by Crippen LogP contribution is 2.26. The minimum absolute atomic E-state index is 0.0617. The number of hydrogen-bond acceptors (Lipinski definition) is 4. The summed E-state index contributed by atoms with van der Waals surface area (Å²) in [5.74, 6) is 1.14. The number of likely N-dealkylation sites (tertiary alicyclic amines) is 1. The fourth-order valence-corrected chi connectivity index (χ4v) is 2.85. The van der Waals surface area contributed by atoms with Crippen molar-refractivity contribution in [2.45, 2.75) is 32.1 Å². The van der Waals surface area contributed by atoms with Crippen molar-refractivity contribution < 1.29 is 19.5 Å². The molecule has 1 saturated heterocycles. The summed E-state index contributed by atoms with van der Waals surface area (Å²) in [5, 5.41) is 12.8. The molecule has 1 heterocycles. The van der Waals surface area contributed by atoms with Crippen LogP contribution in [-0.2, 0) is 14.4 Å². The molecule has 2 rings (SSSR count). The largest absolute Gasteiger partial charge is 0.483 e. The third-order valence-corrected chi connectivity index (χ3v) is 4.56. The molecule has 0 unspecified atom stereocenters. The van der Waals surface area contributed by atoms with Gasteiger partial charge in [0.2, 0.25) is 11.8 Å². The Labute approximate surface area is 143 Å². The number of carboxylic acid groups (broad SMARTS) is 1. The van der Waals surface area contributed by atoms with E-state index in [0.717, 1.165) is 45.3 Å². The van der Waals surface area contributed by atoms with Gasteiger partial charge in [-0.25, -0.2) is 0 Å². The maximum absolute atomic E-state index is 11.8. The molecule has 1 aliphatic carbocycles. The third kappa shape index (κ3) is 7.59. The molecule has 2 amide bonds. The van der Waals surface area contributed by atoms with Gasteiger partial charge in [-0.2, -0.15) is 0 Å². The van der Waals surface area contributed by atoms with E-state index in [1.807, 2.05) is 0 Å². The zero-order chi connectivity index (χ0) is 17.8. The number of nitrogens with one attached hydrogen (secondary N) is 2. The first-order valence-electron chi connectivity index (χ1n) is 8.56. The highest BCUT2D eigenvalue weighted by molar-refractivity contribution is 5.79. The second kappa shape index (κ2) is 11.6. The Balaban J connectivity index is 0.000000891. The molecule has 1 saturated carbocycles. The Morgan fingerprint density at radius 3 is 2.29 bits per heavy atom. The van der Waals surface area contributed by atoms with E-state index < -0.39 is 0 Å². The number of nitrogens with zero attached hydrogens (tertiary/aromatic N) is 1. The molecule has 136 valence electrons. The van der Waals surface area contributed by atoms with E-state index in [1.165, 1.54) is 6.42 Å². The average molecular weight is 339 g/mol. The second-order valence-corrected chi connectivity index (χ2v) is 6.29. The smallest absolute Gasteiger partial charge is 0.290 e. The van der Waals surface area contributed by atoms with Gasteiger partial charge in [0.15, 0.2) is 0 Å². The standard InChI is InChI=1S/C16H27N3O2.CH2O2/c1-2-8-17-15(20)12-19-9-6-13(7-10-19)11-18-16(21)14-4-3-5-14;2-1-3/h2,13-14H,1,3-12H2,(H,17,20)(H,18,21);1H,(H,2,3).